The first-order valence-corrected chi connectivity index (χ1v) is 3.25. The lowest BCUT2D eigenvalue weighted by molar-refractivity contribution is 1.07. The number of rotatable bonds is 0. The third kappa shape index (κ3) is 0.724. The Balaban J connectivity index is 2.94. The van der Waals surface area contributed by atoms with E-state index in [9.17, 15) is 0 Å². The number of pyridine rings is 1. The van der Waals surface area contributed by atoms with Crippen molar-refractivity contribution in [1.29, 1.82) is 0 Å². The van der Waals surface area contributed by atoms with Crippen molar-refractivity contribution < 1.29 is 0 Å². The molecule has 2 heterocycles. The van der Waals surface area contributed by atoms with Crippen LogP contribution in [0.2, 0.25) is 0 Å². The fraction of sp³-hybridized carbons (Fsp3) is 0. The van der Waals surface area contributed by atoms with E-state index < -0.39 is 0 Å². The molecule has 4 N–H and O–H groups in total. The molecular formula is C7H8N4. The van der Waals surface area contributed by atoms with E-state index in [0.29, 0.717) is 5.82 Å². The van der Waals surface area contributed by atoms with E-state index in [1.54, 1.807) is 12.4 Å². The zero-order chi connectivity index (χ0) is 7.84. The zero-order valence-corrected chi connectivity index (χ0v) is 5.86. The van der Waals surface area contributed by atoms with Gasteiger partial charge in [0, 0.05) is 17.8 Å². The van der Waals surface area contributed by atoms with Gasteiger partial charge in [0.25, 0.3) is 0 Å². The largest absolute Gasteiger partial charge is 0.383 e. The molecule has 11 heavy (non-hydrogen) atoms. The minimum atomic E-state index is 0.520. The van der Waals surface area contributed by atoms with Gasteiger partial charge in [0.15, 0.2) is 0 Å². The van der Waals surface area contributed by atoms with Crippen molar-refractivity contribution in [1.82, 2.24) is 9.66 Å². The molecule has 0 aliphatic heterocycles. The molecule has 0 aliphatic carbocycles. The first-order valence-electron chi connectivity index (χ1n) is 3.25. The van der Waals surface area contributed by atoms with Gasteiger partial charge in [-0.15, -0.1) is 0 Å². The summed E-state index contributed by atoms with van der Waals surface area (Å²) in [4.78, 5) is 3.93. The van der Waals surface area contributed by atoms with Gasteiger partial charge in [0.05, 0.1) is 5.52 Å². The van der Waals surface area contributed by atoms with Crippen molar-refractivity contribution in [3.05, 3.63) is 24.5 Å². The summed E-state index contributed by atoms with van der Waals surface area (Å²) in [6, 6.07) is 3.67. The molecule has 0 spiro atoms. The molecule has 0 unspecified atom stereocenters. The van der Waals surface area contributed by atoms with Crippen molar-refractivity contribution >= 4 is 16.7 Å². The highest BCUT2D eigenvalue weighted by atomic mass is 15.3. The second kappa shape index (κ2) is 1.88. The molecule has 2 aromatic rings. The van der Waals surface area contributed by atoms with E-state index >= 15 is 0 Å². The van der Waals surface area contributed by atoms with Gasteiger partial charge in [0.2, 0.25) is 0 Å². The lowest BCUT2D eigenvalue weighted by Gasteiger charge is -1.96. The summed E-state index contributed by atoms with van der Waals surface area (Å²) in [6.07, 6.45) is 3.39. The average Bonchev–Trinajstić information content (AvgIpc) is 2.35. The number of nitrogens with zero attached hydrogens (tertiary/aromatic N) is 2. The van der Waals surface area contributed by atoms with Crippen LogP contribution in [0.15, 0.2) is 24.5 Å². The van der Waals surface area contributed by atoms with Crippen molar-refractivity contribution in [2.45, 2.75) is 0 Å². The second-order valence-electron chi connectivity index (χ2n) is 2.35. The molecule has 0 aromatic carbocycles. The zero-order valence-electron chi connectivity index (χ0n) is 5.86. The molecule has 56 valence electrons. The third-order valence-electron chi connectivity index (χ3n) is 1.68. The van der Waals surface area contributed by atoms with Crippen LogP contribution < -0.4 is 11.6 Å². The number of fused-ring (bicyclic) bond motifs is 1. The molecule has 0 bridgehead atoms. The first-order chi connectivity index (χ1) is 5.29. The normalized spacial score (nSPS) is 10.5. The topological polar surface area (TPSA) is 69.9 Å². The Hall–Kier alpha value is -1.71. The van der Waals surface area contributed by atoms with E-state index in [0.717, 1.165) is 10.9 Å². The molecule has 0 amide bonds. The molecule has 0 saturated heterocycles. The van der Waals surface area contributed by atoms with E-state index in [4.69, 9.17) is 11.6 Å². The maximum absolute atomic E-state index is 5.59. The minimum absolute atomic E-state index is 0.520. The van der Waals surface area contributed by atoms with Crippen molar-refractivity contribution in [3.8, 4) is 0 Å². The fourth-order valence-electron chi connectivity index (χ4n) is 1.11. The van der Waals surface area contributed by atoms with Crippen LogP contribution in [-0.4, -0.2) is 9.66 Å². The summed E-state index contributed by atoms with van der Waals surface area (Å²) >= 11 is 0. The highest BCUT2D eigenvalue weighted by Crippen LogP contribution is 2.17. The van der Waals surface area contributed by atoms with Gasteiger partial charge < -0.3 is 11.6 Å². The summed E-state index contributed by atoms with van der Waals surface area (Å²) < 4.78 is 1.52. The van der Waals surface area contributed by atoms with Gasteiger partial charge in [-0.2, -0.15) is 0 Å². The van der Waals surface area contributed by atoms with Gasteiger partial charge in [-0.3, -0.25) is 4.68 Å². The number of anilines is 1. The Kier molecular flexibility index (Phi) is 1.03. The van der Waals surface area contributed by atoms with Crippen LogP contribution in [0.25, 0.3) is 10.9 Å². The maximum atomic E-state index is 5.59. The van der Waals surface area contributed by atoms with Gasteiger partial charge in [-0.25, -0.2) is 4.98 Å². The molecule has 2 aromatic heterocycles. The monoisotopic (exact) mass is 148 g/mol. The van der Waals surface area contributed by atoms with Crippen LogP contribution >= 0.6 is 0 Å². The van der Waals surface area contributed by atoms with Crippen LogP contribution in [0.5, 0.6) is 0 Å². The van der Waals surface area contributed by atoms with E-state index in [-0.39, 0.29) is 0 Å². The van der Waals surface area contributed by atoms with Crippen LogP contribution in [0.3, 0.4) is 0 Å². The summed E-state index contributed by atoms with van der Waals surface area (Å²) in [5, 5.41) is 0.898. The minimum Gasteiger partial charge on any atom is -0.383 e. The predicted octanol–water partition coefficient (Wildman–Crippen LogP) is 0.332. The number of aromatic nitrogens is 2. The van der Waals surface area contributed by atoms with Gasteiger partial charge in [0.1, 0.15) is 5.82 Å². The molecule has 0 atom stereocenters. The molecule has 0 aliphatic rings. The summed E-state index contributed by atoms with van der Waals surface area (Å²) in [6.45, 7) is 0. The number of nitrogen functional groups attached to an aromatic ring is 2. The van der Waals surface area contributed by atoms with Crippen LogP contribution in [0.1, 0.15) is 0 Å². The van der Waals surface area contributed by atoms with Gasteiger partial charge in [-0.05, 0) is 12.1 Å². The Morgan fingerprint density at radius 2 is 2.18 bits per heavy atom. The lowest BCUT2D eigenvalue weighted by Crippen LogP contribution is -2.05. The van der Waals surface area contributed by atoms with Gasteiger partial charge >= 0.3 is 0 Å². The molecule has 0 saturated carbocycles. The second-order valence-corrected chi connectivity index (χ2v) is 2.35. The van der Waals surface area contributed by atoms with Crippen molar-refractivity contribution in [2.24, 2.45) is 0 Å². The number of hydrogen-bond donors (Lipinski definition) is 2. The van der Waals surface area contributed by atoms with Gasteiger partial charge in [-0.1, -0.05) is 0 Å². The highest BCUT2D eigenvalue weighted by Gasteiger charge is 2.00. The standard InChI is InChI=1S/C7H8N4/c8-7-5-2-4-11(9)6(5)1-3-10-7/h1-4H,9H2,(H2,8,10). The molecule has 0 radical (unpaired) electrons. The van der Waals surface area contributed by atoms with Crippen molar-refractivity contribution in [2.75, 3.05) is 11.6 Å². The Morgan fingerprint density at radius 1 is 1.36 bits per heavy atom. The van der Waals surface area contributed by atoms with Crippen molar-refractivity contribution in [3.63, 3.8) is 0 Å². The lowest BCUT2D eigenvalue weighted by atomic mass is 10.3. The van der Waals surface area contributed by atoms with E-state index in [1.165, 1.54) is 4.68 Å². The third-order valence-corrected chi connectivity index (χ3v) is 1.68. The average molecular weight is 148 g/mol. The maximum Gasteiger partial charge on any atom is 0.132 e. The summed E-state index contributed by atoms with van der Waals surface area (Å²) in [7, 11) is 0. The predicted molar refractivity (Wildman–Crippen MR) is 44.3 cm³/mol. The SMILES string of the molecule is Nc1nccc2c1ccn2N. The molecule has 4 nitrogen and oxygen atoms in total. The Labute approximate surface area is 63.4 Å². The van der Waals surface area contributed by atoms with Crippen LogP contribution in [0, 0.1) is 0 Å². The smallest absolute Gasteiger partial charge is 0.132 e. The van der Waals surface area contributed by atoms with Crippen LogP contribution in [0.4, 0.5) is 5.82 Å². The molecular weight excluding hydrogens is 140 g/mol. The Morgan fingerprint density at radius 3 is 2.91 bits per heavy atom. The summed E-state index contributed by atoms with van der Waals surface area (Å²) in [5.74, 6) is 6.10. The number of nitrogens with two attached hydrogens (primary N) is 2. The Bertz CT molecular complexity index is 390. The van der Waals surface area contributed by atoms with Crippen LogP contribution in [-0.2, 0) is 0 Å². The van der Waals surface area contributed by atoms with E-state index in [1.807, 2.05) is 12.1 Å². The number of hydrogen-bond acceptors (Lipinski definition) is 3. The highest BCUT2D eigenvalue weighted by molar-refractivity contribution is 5.88. The quantitative estimate of drug-likeness (QED) is 0.529. The molecule has 2 rings (SSSR count). The van der Waals surface area contributed by atoms with E-state index in [2.05, 4.69) is 4.98 Å². The summed E-state index contributed by atoms with van der Waals surface area (Å²) in [5.41, 5.74) is 6.49. The molecule has 4 heteroatoms. The molecule has 0 fully saturated rings. The fourth-order valence-corrected chi connectivity index (χ4v) is 1.11. The first kappa shape index (κ1) is 6.03.